The van der Waals surface area contributed by atoms with Crippen LogP contribution in [0.15, 0.2) is 12.4 Å². The number of rotatable bonds is 3. The number of morpholine rings is 1. The second-order valence-electron chi connectivity index (χ2n) is 8.49. The Morgan fingerprint density at radius 3 is 2.56 bits per heavy atom. The first-order chi connectivity index (χ1) is 11.7. The highest BCUT2D eigenvalue weighted by Gasteiger charge is 2.44. The highest BCUT2D eigenvalue weighted by atomic mass is 16.5. The number of nitrogens with zero attached hydrogens (tertiary/aromatic N) is 3. The maximum absolute atomic E-state index is 13.4. The monoisotopic (exact) mass is 349 g/mol. The summed E-state index contributed by atoms with van der Waals surface area (Å²) in [6.45, 7) is 13.0. The Morgan fingerprint density at radius 2 is 1.96 bits per heavy atom. The van der Waals surface area contributed by atoms with E-state index in [1.165, 1.54) is 0 Å². The average molecular weight is 349 g/mol. The van der Waals surface area contributed by atoms with Crippen LogP contribution in [0.25, 0.3) is 0 Å². The number of hydrogen-bond acceptors (Lipinski definition) is 4. The zero-order valence-electron chi connectivity index (χ0n) is 16.1. The number of aryl methyl sites for hydroxylation is 1. The summed E-state index contributed by atoms with van der Waals surface area (Å²) in [6.07, 6.45) is 5.43. The molecule has 2 aliphatic rings. The Morgan fingerprint density at radius 1 is 1.28 bits per heavy atom. The van der Waals surface area contributed by atoms with Crippen molar-refractivity contribution < 1.29 is 14.3 Å². The van der Waals surface area contributed by atoms with Crippen LogP contribution < -0.4 is 0 Å². The number of hydrogen-bond donors (Lipinski definition) is 0. The molecule has 1 aromatic heterocycles. The lowest BCUT2D eigenvalue weighted by atomic mass is 9.88. The highest BCUT2D eigenvalue weighted by molar-refractivity contribution is 5.80. The van der Waals surface area contributed by atoms with Crippen LogP contribution in [0.2, 0.25) is 0 Å². The molecule has 1 aromatic rings. The molecule has 0 spiro atoms. The molecule has 2 fully saturated rings. The van der Waals surface area contributed by atoms with Gasteiger partial charge < -0.3 is 14.4 Å². The van der Waals surface area contributed by atoms with Crippen LogP contribution in [-0.4, -0.2) is 51.5 Å². The maximum Gasteiger partial charge on any atom is 0.228 e. The molecular weight excluding hydrogens is 318 g/mol. The average Bonchev–Trinajstić information content (AvgIpc) is 3.00. The van der Waals surface area contributed by atoms with Gasteiger partial charge in [-0.15, -0.1) is 0 Å². The van der Waals surface area contributed by atoms with Crippen LogP contribution >= 0.6 is 0 Å². The molecule has 140 valence electrons. The van der Waals surface area contributed by atoms with E-state index in [-0.39, 0.29) is 29.1 Å². The van der Waals surface area contributed by atoms with E-state index in [9.17, 15) is 4.79 Å². The van der Waals surface area contributed by atoms with Gasteiger partial charge in [0.15, 0.2) is 0 Å². The first-order valence-corrected chi connectivity index (χ1v) is 9.34. The predicted octanol–water partition coefficient (Wildman–Crippen LogP) is 2.79. The third-order valence-corrected chi connectivity index (χ3v) is 4.95. The lowest BCUT2D eigenvalue weighted by molar-refractivity contribution is -0.193. The van der Waals surface area contributed by atoms with Crippen LogP contribution in [-0.2, 0) is 20.8 Å². The Hall–Kier alpha value is -1.40. The summed E-state index contributed by atoms with van der Waals surface area (Å²) in [5, 5.41) is 4.35. The van der Waals surface area contributed by atoms with Crippen molar-refractivity contribution in [2.45, 2.75) is 71.3 Å². The van der Waals surface area contributed by atoms with Gasteiger partial charge in [0.1, 0.15) is 0 Å². The van der Waals surface area contributed by atoms with E-state index in [4.69, 9.17) is 9.47 Å². The van der Waals surface area contributed by atoms with E-state index in [2.05, 4.69) is 12.0 Å². The van der Waals surface area contributed by atoms with E-state index >= 15 is 0 Å². The van der Waals surface area contributed by atoms with Gasteiger partial charge in [-0.05, 0) is 47.5 Å². The molecule has 3 heterocycles. The van der Waals surface area contributed by atoms with Gasteiger partial charge in [0.2, 0.25) is 5.91 Å². The van der Waals surface area contributed by atoms with Crippen LogP contribution in [0.4, 0.5) is 0 Å². The molecule has 6 heteroatoms. The van der Waals surface area contributed by atoms with Crippen LogP contribution in [0, 0.1) is 5.92 Å². The fraction of sp³-hybridized carbons (Fsp3) is 0.789. The van der Waals surface area contributed by atoms with Crippen molar-refractivity contribution in [2.24, 2.45) is 5.92 Å². The minimum Gasteiger partial charge on any atom is -0.373 e. The highest BCUT2D eigenvalue weighted by Crippen LogP contribution is 2.37. The molecule has 0 N–H and O–H groups in total. The first kappa shape index (κ1) is 18.4. The normalized spacial score (nSPS) is 28.8. The second-order valence-corrected chi connectivity index (χ2v) is 8.49. The SMILES string of the molecule is CCn1cc([C@@H]2OCCC[C@H]2C(=O)N2CC(C)(C)OC(C)(C)C2)cn1. The molecule has 25 heavy (non-hydrogen) atoms. The zero-order valence-corrected chi connectivity index (χ0v) is 16.1. The number of amides is 1. The number of carbonyl (C=O) groups excluding carboxylic acids is 1. The smallest absolute Gasteiger partial charge is 0.228 e. The van der Waals surface area contributed by atoms with E-state index in [1.807, 2.05) is 49.7 Å². The van der Waals surface area contributed by atoms with Crippen molar-refractivity contribution in [3.8, 4) is 0 Å². The third-order valence-electron chi connectivity index (χ3n) is 4.95. The summed E-state index contributed by atoms with van der Waals surface area (Å²) in [5.74, 6) is 0.0337. The minimum atomic E-state index is -0.338. The van der Waals surface area contributed by atoms with Crippen molar-refractivity contribution in [3.05, 3.63) is 18.0 Å². The molecule has 0 saturated carbocycles. The third kappa shape index (κ3) is 4.06. The van der Waals surface area contributed by atoms with E-state index in [0.717, 1.165) is 24.9 Å². The largest absolute Gasteiger partial charge is 0.373 e. The molecule has 2 atom stereocenters. The fourth-order valence-corrected chi connectivity index (χ4v) is 4.24. The molecule has 0 bridgehead atoms. The molecule has 1 amide bonds. The lowest BCUT2D eigenvalue weighted by Crippen LogP contribution is -2.60. The fourth-order valence-electron chi connectivity index (χ4n) is 4.24. The summed E-state index contributed by atoms with van der Waals surface area (Å²) in [4.78, 5) is 15.3. The zero-order chi connectivity index (χ0) is 18.2. The molecule has 3 rings (SSSR count). The molecule has 0 unspecified atom stereocenters. The standard InChI is InChI=1S/C19H31N3O3/c1-6-22-11-14(10-20-22)16-15(8-7-9-24-16)17(23)21-12-18(2,3)25-19(4,5)13-21/h10-11,15-16H,6-9,12-13H2,1-5H3/t15-,16+/m1/s1. The topological polar surface area (TPSA) is 56.6 Å². The number of ether oxygens (including phenoxy) is 2. The molecule has 2 aliphatic heterocycles. The lowest BCUT2D eigenvalue weighted by Gasteiger charge is -2.48. The Kier molecular flexibility index (Phi) is 4.95. The summed E-state index contributed by atoms with van der Waals surface area (Å²) < 4.78 is 14.0. The molecule has 0 aromatic carbocycles. The predicted molar refractivity (Wildman–Crippen MR) is 95.1 cm³/mol. The van der Waals surface area contributed by atoms with Gasteiger partial charge in [-0.1, -0.05) is 0 Å². The van der Waals surface area contributed by atoms with Gasteiger partial charge in [-0.2, -0.15) is 5.10 Å². The molecule has 2 saturated heterocycles. The van der Waals surface area contributed by atoms with Crippen molar-refractivity contribution in [1.82, 2.24) is 14.7 Å². The first-order valence-electron chi connectivity index (χ1n) is 9.34. The minimum absolute atomic E-state index is 0.145. The Bertz CT molecular complexity index is 607. The van der Waals surface area contributed by atoms with E-state index in [0.29, 0.717) is 19.7 Å². The van der Waals surface area contributed by atoms with Gasteiger partial charge in [-0.25, -0.2) is 0 Å². The Labute approximate surface area is 150 Å². The number of carbonyl (C=O) groups is 1. The summed E-state index contributed by atoms with van der Waals surface area (Å²) in [7, 11) is 0. The van der Waals surface area contributed by atoms with Crippen LogP contribution in [0.5, 0.6) is 0 Å². The molecule has 0 aliphatic carbocycles. The van der Waals surface area contributed by atoms with Crippen molar-refractivity contribution in [1.29, 1.82) is 0 Å². The summed E-state index contributed by atoms with van der Waals surface area (Å²) in [5.41, 5.74) is 0.331. The van der Waals surface area contributed by atoms with Gasteiger partial charge in [-0.3, -0.25) is 9.48 Å². The van der Waals surface area contributed by atoms with Gasteiger partial charge in [0.05, 0.1) is 29.4 Å². The van der Waals surface area contributed by atoms with E-state index < -0.39 is 0 Å². The van der Waals surface area contributed by atoms with Gasteiger partial charge in [0, 0.05) is 38.0 Å². The summed E-state index contributed by atoms with van der Waals surface area (Å²) in [6, 6.07) is 0. The molecular formula is C19H31N3O3. The van der Waals surface area contributed by atoms with Gasteiger partial charge in [0.25, 0.3) is 0 Å². The van der Waals surface area contributed by atoms with E-state index in [1.54, 1.807) is 0 Å². The van der Waals surface area contributed by atoms with Gasteiger partial charge >= 0.3 is 0 Å². The van der Waals surface area contributed by atoms with Crippen LogP contribution in [0.1, 0.15) is 59.1 Å². The second kappa shape index (κ2) is 6.72. The summed E-state index contributed by atoms with van der Waals surface area (Å²) >= 11 is 0. The van der Waals surface area contributed by atoms with Crippen LogP contribution in [0.3, 0.4) is 0 Å². The van der Waals surface area contributed by atoms with Crippen molar-refractivity contribution in [2.75, 3.05) is 19.7 Å². The van der Waals surface area contributed by atoms with Crippen molar-refractivity contribution in [3.63, 3.8) is 0 Å². The van der Waals surface area contributed by atoms with Crippen molar-refractivity contribution >= 4 is 5.91 Å². The maximum atomic E-state index is 13.4. The number of aromatic nitrogens is 2. The molecule has 6 nitrogen and oxygen atoms in total. The quantitative estimate of drug-likeness (QED) is 0.842. The molecule has 0 radical (unpaired) electrons. The Balaban J connectivity index is 1.81.